The average Bonchev–Trinajstić information content (AvgIpc) is 3.08. The first-order valence-electron chi connectivity index (χ1n) is 11.6. The summed E-state index contributed by atoms with van der Waals surface area (Å²) in [7, 11) is 3.23. The molecule has 0 unspecified atom stereocenters. The van der Waals surface area contributed by atoms with Crippen molar-refractivity contribution in [2.75, 3.05) is 27.4 Å². The normalized spacial score (nSPS) is 11.8. The van der Waals surface area contributed by atoms with Crippen LogP contribution in [0, 0.1) is 13.8 Å². The monoisotopic (exact) mass is 484 g/mol. The van der Waals surface area contributed by atoms with Gasteiger partial charge in [-0.3, -0.25) is 4.90 Å². The highest BCUT2D eigenvalue weighted by molar-refractivity contribution is 7.18. The Hall–Kier alpha value is -2.64. The number of methoxy groups -OCH3 is 2. The zero-order chi connectivity index (χ0) is 25.2. The lowest BCUT2D eigenvalue weighted by Crippen LogP contribution is -2.41. The van der Waals surface area contributed by atoms with Crippen LogP contribution in [-0.4, -0.2) is 48.8 Å². The minimum absolute atomic E-state index is 0.0813. The van der Waals surface area contributed by atoms with Crippen molar-refractivity contribution >= 4 is 27.5 Å². The lowest BCUT2D eigenvalue weighted by atomic mass is 9.93. The van der Waals surface area contributed by atoms with E-state index in [1.54, 1.807) is 25.6 Å². The van der Waals surface area contributed by atoms with Crippen LogP contribution in [0.1, 0.15) is 61.1 Å². The van der Waals surface area contributed by atoms with Crippen LogP contribution in [0.15, 0.2) is 18.2 Å². The number of esters is 1. The molecule has 0 amide bonds. The van der Waals surface area contributed by atoms with Crippen LogP contribution in [-0.2, 0) is 11.3 Å². The number of aryl methyl sites for hydroxylation is 2. The molecule has 0 fully saturated rings. The number of thiophene rings is 1. The number of hydrogen-bond donors (Lipinski definition) is 0. The van der Waals surface area contributed by atoms with Gasteiger partial charge in [0.15, 0.2) is 11.5 Å². The summed E-state index contributed by atoms with van der Waals surface area (Å²) in [6.45, 7) is 16.3. The summed E-state index contributed by atoms with van der Waals surface area (Å²) in [6, 6.07) is 5.77. The Kier molecular flexibility index (Phi) is 7.88. The van der Waals surface area contributed by atoms with Gasteiger partial charge in [0.1, 0.15) is 4.83 Å². The summed E-state index contributed by atoms with van der Waals surface area (Å²) in [5.41, 5.74) is 4.00. The van der Waals surface area contributed by atoms with Gasteiger partial charge in [-0.2, -0.15) is 0 Å². The van der Waals surface area contributed by atoms with Gasteiger partial charge in [-0.1, -0.05) is 13.0 Å². The number of hydrogen-bond acceptors (Lipinski definition) is 7. The zero-order valence-corrected chi connectivity index (χ0v) is 22.6. The number of ether oxygens (including phenoxy) is 3. The van der Waals surface area contributed by atoms with Crippen molar-refractivity contribution in [1.29, 1.82) is 0 Å². The molecule has 0 aliphatic carbocycles. The molecule has 0 saturated heterocycles. The highest BCUT2D eigenvalue weighted by Gasteiger charge is 2.29. The van der Waals surface area contributed by atoms with Crippen LogP contribution < -0.4 is 9.47 Å². The Bertz CT molecular complexity index is 1190. The minimum Gasteiger partial charge on any atom is -0.493 e. The Labute approximate surface area is 206 Å². The smallest absolute Gasteiger partial charge is 0.340 e. The van der Waals surface area contributed by atoms with Crippen LogP contribution in [0.5, 0.6) is 11.5 Å². The van der Waals surface area contributed by atoms with Gasteiger partial charge in [0.25, 0.3) is 0 Å². The largest absolute Gasteiger partial charge is 0.493 e. The first-order chi connectivity index (χ1) is 16.1. The molecule has 0 atom stereocenters. The Balaban J connectivity index is 2.43. The van der Waals surface area contributed by atoms with E-state index in [-0.39, 0.29) is 11.5 Å². The lowest BCUT2D eigenvalue weighted by molar-refractivity contribution is 0.0521. The molecule has 0 saturated carbocycles. The van der Waals surface area contributed by atoms with Crippen molar-refractivity contribution in [3.63, 3.8) is 0 Å². The first-order valence-corrected chi connectivity index (χ1v) is 12.5. The molecule has 184 valence electrons. The van der Waals surface area contributed by atoms with Gasteiger partial charge in [-0.15, -0.1) is 11.3 Å². The predicted octanol–water partition coefficient (Wildman–Crippen LogP) is 6.39. The van der Waals surface area contributed by atoms with Crippen molar-refractivity contribution in [2.45, 2.75) is 60.5 Å². The molecular formula is C27H36N2O4S. The van der Waals surface area contributed by atoms with Crippen LogP contribution in [0.2, 0.25) is 0 Å². The molecule has 0 spiro atoms. The molecule has 1 aromatic carbocycles. The fourth-order valence-electron chi connectivity index (χ4n) is 4.25. The molecule has 2 aromatic heterocycles. The molecule has 2 heterocycles. The third kappa shape index (κ3) is 4.91. The molecular weight excluding hydrogens is 448 g/mol. The quantitative estimate of drug-likeness (QED) is 0.345. The number of fused-ring (bicyclic) bond motifs is 1. The van der Waals surface area contributed by atoms with Crippen molar-refractivity contribution in [3.05, 3.63) is 39.9 Å². The number of pyridine rings is 1. The maximum absolute atomic E-state index is 13.5. The van der Waals surface area contributed by atoms with Gasteiger partial charge in [0, 0.05) is 27.9 Å². The number of nitrogens with zero attached hydrogens (tertiary/aromatic N) is 2. The average molecular weight is 485 g/mol. The van der Waals surface area contributed by atoms with Crippen LogP contribution in [0.3, 0.4) is 0 Å². The molecule has 0 aliphatic rings. The number of carbonyl (C=O) groups is 1. The molecule has 0 bridgehead atoms. The zero-order valence-electron chi connectivity index (χ0n) is 21.8. The third-order valence-corrected chi connectivity index (χ3v) is 7.32. The number of carbonyl (C=O) groups excluding carboxylic acids is 1. The second-order valence-electron chi connectivity index (χ2n) is 9.25. The molecule has 6 nitrogen and oxygen atoms in total. The van der Waals surface area contributed by atoms with E-state index in [9.17, 15) is 4.79 Å². The van der Waals surface area contributed by atoms with Gasteiger partial charge in [0.05, 0.1) is 32.1 Å². The van der Waals surface area contributed by atoms with E-state index in [0.717, 1.165) is 39.1 Å². The highest BCUT2D eigenvalue weighted by atomic mass is 32.1. The van der Waals surface area contributed by atoms with E-state index in [2.05, 4.69) is 46.4 Å². The molecule has 7 heteroatoms. The van der Waals surface area contributed by atoms with E-state index in [0.29, 0.717) is 30.2 Å². The molecule has 0 radical (unpaired) electrons. The fourth-order valence-corrected chi connectivity index (χ4v) is 5.31. The highest BCUT2D eigenvalue weighted by Crippen LogP contribution is 2.43. The maximum atomic E-state index is 13.5. The van der Waals surface area contributed by atoms with Crippen LogP contribution >= 0.6 is 11.3 Å². The second kappa shape index (κ2) is 10.3. The van der Waals surface area contributed by atoms with E-state index >= 15 is 0 Å². The SMILES string of the molecule is CCOC(=O)c1c(CN(CC)C(C)(C)C)nc2sc(C)c(C)c2c1-c1ccc(OC)c(OC)c1. The Morgan fingerprint density at radius 1 is 1.09 bits per heavy atom. The lowest BCUT2D eigenvalue weighted by Gasteiger charge is -2.35. The van der Waals surface area contributed by atoms with Crippen molar-refractivity contribution < 1.29 is 19.0 Å². The topological polar surface area (TPSA) is 60.9 Å². The number of aromatic nitrogens is 1. The van der Waals surface area contributed by atoms with E-state index in [1.807, 2.05) is 25.1 Å². The summed E-state index contributed by atoms with van der Waals surface area (Å²) < 4.78 is 16.6. The third-order valence-electron chi connectivity index (χ3n) is 6.21. The number of benzene rings is 1. The molecule has 3 aromatic rings. The van der Waals surface area contributed by atoms with Gasteiger partial charge >= 0.3 is 5.97 Å². The second-order valence-corrected chi connectivity index (χ2v) is 10.5. The Morgan fingerprint density at radius 2 is 1.76 bits per heavy atom. The fraction of sp³-hybridized carbons (Fsp3) is 0.481. The summed E-state index contributed by atoms with van der Waals surface area (Å²) in [4.78, 5) is 22.9. The molecule has 3 rings (SSSR count). The standard InChI is InChI=1S/C27H36N2O4S/c1-10-29(27(5,6)7)15-19-24(26(30)33-11-2)23(22-16(3)17(4)34-25(22)28-19)18-12-13-20(31-8)21(14-18)32-9/h12-14H,10-11,15H2,1-9H3. The molecule has 0 N–H and O–H groups in total. The minimum atomic E-state index is -0.357. The predicted molar refractivity (Wildman–Crippen MR) is 139 cm³/mol. The van der Waals surface area contributed by atoms with Crippen molar-refractivity contribution in [3.8, 4) is 22.6 Å². The van der Waals surface area contributed by atoms with Crippen LogP contribution in [0.25, 0.3) is 21.3 Å². The van der Waals surface area contributed by atoms with Gasteiger partial charge in [0.2, 0.25) is 0 Å². The summed E-state index contributed by atoms with van der Waals surface area (Å²) in [5.74, 6) is 0.887. The van der Waals surface area contributed by atoms with E-state index in [1.165, 1.54) is 4.88 Å². The van der Waals surface area contributed by atoms with Gasteiger partial charge < -0.3 is 14.2 Å². The number of rotatable bonds is 8. The van der Waals surface area contributed by atoms with Gasteiger partial charge in [-0.25, -0.2) is 9.78 Å². The Morgan fingerprint density at radius 3 is 2.32 bits per heavy atom. The summed E-state index contributed by atoms with van der Waals surface area (Å²) >= 11 is 1.66. The van der Waals surface area contributed by atoms with Crippen molar-refractivity contribution in [2.24, 2.45) is 0 Å². The van der Waals surface area contributed by atoms with Crippen molar-refractivity contribution in [1.82, 2.24) is 9.88 Å². The summed E-state index contributed by atoms with van der Waals surface area (Å²) in [6.07, 6.45) is 0. The van der Waals surface area contributed by atoms with E-state index < -0.39 is 0 Å². The van der Waals surface area contributed by atoms with E-state index in [4.69, 9.17) is 19.2 Å². The molecule has 34 heavy (non-hydrogen) atoms. The van der Waals surface area contributed by atoms with Crippen LogP contribution in [0.4, 0.5) is 0 Å². The summed E-state index contributed by atoms with van der Waals surface area (Å²) in [5, 5.41) is 0.986. The maximum Gasteiger partial charge on any atom is 0.340 e. The first kappa shape index (κ1) is 26.0. The molecule has 0 aliphatic heterocycles. The van der Waals surface area contributed by atoms with Gasteiger partial charge in [-0.05, 0) is 71.3 Å².